The molecule has 2 atom stereocenters. The SMILES string of the molecule is O=C(O)C1CCC1NC1CCCCC1. The molecule has 2 fully saturated rings. The third-order valence-electron chi connectivity index (χ3n) is 3.65. The summed E-state index contributed by atoms with van der Waals surface area (Å²) in [5.74, 6) is -0.735. The van der Waals surface area contributed by atoms with Crippen LogP contribution in [0.15, 0.2) is 0 Å². The molecule has 0 amide bonds. The predicted octanol–water partition coefficient (Wildman–Crippen LogP) is 1.77. The van der Waals surface area contributed by atoms with Crippen LogP contribution >= 0.6 is 0 Å². The van der Waals surface area contributed by atoms with Gasteiger partial charge in [-0.15, -0.1) is 0 Å². The molecule has 0 aromatic rings. The monoisotopic (exact) mass is 197 g/mol. The Labute approximate surface area is 84.9 Å². The van der Waals surface area contributed by atoms with Gasteiger partial charge in [0.25, 0.3) is 0 Å². The molecular formula is C11H19NO2. The van der Waals surface area contributed by atoms with E-state index in [2.05, 4.69) is 5.32 Å². The number of carbonyl (C=O) groups is 1. The fourth-order valence-electron chi connectivity index (χ4n) is 2.57. The molecule has 0 saturated heterocycles. The molecule has 0 aromatic heterocycles. The molecule has 2 N–H and O–H groups in total. The van der Waals surface area contributed by atoms with Crippen LogP contribution in [-0.4, -0.2) is 23.2 Å². The van der Waals surface area contributed by atoms with Crippen molar-refractivity contribution in [3.8, 4) is 0 Å². The maximum atomic E-state index is 10.8. The van der Waals surface area contributed by atoms with Crippen molar-refractivity contribution in [1.82, 2.24) is 5.32 Å². The van der Waals surface area contributed by atoms with E-state index in [0.29, 0.717) is 6.04 Å². The van der Waals surface area contributed by atoms with Crippen LogP contribution in [0.4, 0.5) is 0 Å². The van der Waals surface area contributed by atoms with Gasteiger partial charge >= 0.3 is 5.97 Å². The fraction of sp³-hybridized carbons (Fsp3) is 0.909. The Kier molecular flexibility index (Phi) is 3.06. The number of hydrogen-bond donors (Lipinski definition) is 2. The molecule has 2 aliphatic carbocycles. The molecule has 0 bridgehead atoms. The van der Waals surface area contributed by atoms with E-state index in [-0.39, 0.29) is 12.0 Å². The Morgan fingerprint density at radius 1 is 1.07 bits per heavy atom. The Morgan fingerprint density at radius 2 is 1.79 bits per heavy atom. The summed E-state index contributed by atoms with van der Waals surface area (Å²) in [5, 5.41) is 12.4. The molecule has 14 heavy (non-hydrogen) atoms. The summed E-state index contributed by atoms with van der Waals surface area (Å²) in [7, 11) is 0. The van der Waals surface area contributed by atoms with Gasteiger partial charge in [-0.25, -0.2) is 0 Å². The van der Waals surface area contributed by atoms with Crippen molar-refractivity contribution in [2.45, 2.75) is 57.0 Å². The highest BCUT2D eigenvalue weighted by Gasteiger charge is 2.37. The molecule has 2 aliphatic rings. The Balaban J connectivity index is 1.76. The highest BCUT2D eigenvalue weighted by molar-refractivity contribution is 5.72. The van der Waals surface area contributed by atoms with Gasteiger partial charge in [0.2, 0.25) is 0 Å². The lowest BCUT2D eigenvalue weighted by Gasteiger charge is -2.38. The first kappa shape index (κ1) is 9.97. The maximum absolute atomic E-state index is 10.8. The van der Waals surface area contributed by atoms with Crippen LogP contribution in [0.1, 0.15) is 44.9 Å². The smallest absolute Gasteiger partial charge is 0.308 e. The summed E-state index contributed by atoms with van der Waals surface area (Å²) in [6, 6.07) is 0.853. The minimum Gasteiger partial charge on any atom is -0.481 e. The standard InChI is InChI=1S/C11H19NO2/c13-11(14)9-6-7-10(9)12-8-4-2-1-3-5-8/h8-10,12H,1-7H2,(H,13,14). The van der Waals surface area contributed by atoms with Gasteiger partial charge in [-0.2, -0.15) is 0 Å². The van der Waals surface area contributed by atoms with Gasteiger partial charge in [0, 0.05) is 12.1 Å². The van der Waals surface area contributed by atoms with Gasteiger partial charge in [0.15, 0.2) is 0 Å². The maximum Gasteiger partial charge on any atom is 0.308 e. The topological polar surface area (TPSA) is 49.3 Å². The van der Waals surface area contributed by atoms with Crippen LogP contribution in [0, 0.1) is 5.92 Å². The zero-order valence-electron chi connectivity index (χ0n) is 8.54. The molecule has 2 rings (SSSR count). The van der Waals surface area contributed by atoms with Crippen LogP contribution in [0.3, 0.4) is 0 Å². The van der Waals surface area contributed by atoms with E-state index in [1.165, 1.54) is 32.1 Å². The van der Waals surface area contributed by atoms with Crippen molar-refractivity contribution >= 4 is 5.97 Å². The first-order valence-corrected chi connectivity index (χ1v) is 5.76. The van der Waals surface area contributed by atoms with Crippen molar-refractivity contribution in [2.75, 3.05) is 0 Å². The van der Waals surface area contributed by atoms with Crippen molar-refractivity contribution in [1.29, 1.82) is 0 Å². The third-order valence-corrected chi connectivity index (χ3v) is 3.65. The van der Waals surface area contributed by atoms with E-state index in [4.69, 9.17) is 5.11 Å². The second kappa shape index (κ2) is 4.30. The van der Waals surface area contributed by atoms with E-state index in [0.717, 1.165) is 12.8 Å². The molecule has 2 unspecified atom stereocenters. The van der Waals surface area contributed by atoms with E-state index in [1.54, 1.807) is 0 Å². The van der Waals surface area contributed by atoms with Crippen molar-refractivity contribution in [2.24, 2.45) is 5.92 Å². The van der Waals surface area contributed by atoms with Gasteiger partial charge in [0.05, 0.1) is 5.92 Å². The summed E-state index contributed by atoms with van der Waals surface area (Å²) in [4.78, 5) is 10.8. The average molecular weight is 197 g/mol. The fourth-order valence-corrected chi connectivity index (χ4v) is 2.57. The summed E-state index contributed by atoms with van der Waals surface area (Å²) in [6.45, 7) is 0. The largest absolute Gasteiger partial charge is 0.481 e. The molecule has 80 valence electrons. The lowest BCUT2D eigenvalue weighted by atomic mass is 9.78. The Hall–Kier alpha value is -0.570. The predicted molar refractivity (Wildman–Crippen MR) is 54.2 cm³/mol. The number of aliphatic carboxylic acids is 1. The van der Waals surface area contributed by atoms with Crippen molar-refractivity contribution in [3.63, 3.8) is 0 Å². The zero-order chi connectivity index (χ0) is 9.97. The Bertz CT molecular complexity index is 211. The molecule has 3 nitrogen and oxygen atoms in total. The second-order valence-electron chi connectivity index (χ2n) is 4.63. The summed E-state index contributed by atoms with van der Waals surface area (Å²) in [5.41, 5.74) is 0. The van der Waals surface area contributed by atoms with Gasteiger partial charge in [-0.05, 0) is 25.7 Å². The summed E-state index contributed by atoms with van der Waals surface area (Å²) in [6.07, 6.45) is 8.36. The summed E-state index contributed by atoms with van der Waals surface area (Å²) < 4.78 is 0. The highest BCUT2D eigenvalue weighted by atomic mass is 16.4. The highest BCUT2D eigenvalue weighted by Crippen LogP contribution is 2.29. The minimum atomic E-state index is -0.621. The quantitative estimate of drug-likeness (QED) is 0.725. The molecule has 2 saturated carbocycles. The van der Waals surface area contributed by atoms with Crippen LogP contribution in [0.2, 0.25) is 0 Å². The molecule has 0 spiro atoms. The van der Waals surface area contributed by atoms with Crippen molar-refractivity contribution in [3.05, 3.63) is 0 Å². The van der Waals surface area contributed by atoms with Crippen LogP contribution in [0.25, 0.3) is 0 Å². The molecule has 0 aromatic carbocycles. The van der Waals surface area contributed by atoms with Crippen LogP contribution in [0.5, 0.6) is 0 Å². The van der Waals surface area contributed by atoms with Crippen LogP contribution in [-0.2, 0) is 4.79 Å². The van der Waals surface area contributed by atoms with Gasteiger partial charge in [-0.1, -0.05) is 19.3 Å². The van der Waals surface area contributed by atoms with Gasteiger partial charge in [0.1, 0.15) is 0 Å². The third kappa shape index (κ3) is 2.08. The lowest BCUT2D eigenvalue weighted by Crippen LogP contribution is -2.51. The number of nitrogens with one attached hydrogen (secondary N) is 1. The first-order chi connectivity index (χ1) is 6.77. The van der Waals surface area contributed by atoms with Gasteiger partial charge < -0.3 is 10.4 Å². The zero-order valence-corrected chi connectivity index (χ0v) is 8.54. The van der Waals surface area contributed by atoms with E-state index < -0.39 is 5.97 Å². The minimum absolute atomic E-state index is 0.114. The number of hydrogen-bond acceptors (Lipinski definition) is 2. The van der Waals surface area contributed by atoms with E-state index in [1.807, 2.05) is 0 Å². The van der Waals surface area contributed by atoms with Gasteiger partial charge in [-0.3, -0.25) is 4.79 Å². The molecule has 3 heteroatoms. The van der Waals surface area contributed by atoms with E-state index >= 15 is 0 Å². The molecule has 0 heterocycles. The van der Waals surface area contributed by atoms with E-state index in [9.17, 15) is 4.79 Å². The van der Waals surface area contributed by atoms with Crippen molar-refractivity contribution < 1.29 is 9.90 Å². The normalized spacial score (nSPS) is 33.7. The molecular weight excluding hydrogens is 178 g/mol. The average Bonchev–Trinajstić information content (AvgIpc) is 2.13. The number of carboxylic acids is 1. The first-order valence-electron chi connectivity index (χ1n) is 5.76. The number of rotatable bonds is 3. The Morgan fingerprint density at radius 3 is 2.29 bits per heavy atom. The number of carboxylic acid groups (broad SMARTS) is 1. The summed E-state index contributed by atoms with van der Waals surface area (Å²) >= 11 is 0. The molecule has 0 aliphatic heterocycles. The van der Waals surface area contributed by atoms with Crippen LogP contribution < -0.4 is 5.32 Å². The molecule has 0 radical (unpaired) electrons. The lowest BCUT2D eigenvalue weighted by molar-refractivity contribution is -0.146. The second-order valence-corrected chi connectivity index (χ2v) is 4.63.